The maximum Gasteiger partial charge on any atom is 0.118 e. The second-order valence-electron chi connectivity index (χ2n) is 10.0. The van der Waals surface area contributed by atoms with Crippen LogP contribution in [0, 0.1) is 17.3 Å². The third-order valence-electron chi connectivity index (χ3n) is 8.69. The molecule has 3 aliphatic carbocycles. The zero-order chi connectivity index (χ0) is 20.7. The van der Waals surface area contributed by atoms with Crippen molar-refractivity contribution in [2.75, 3.05) is 7.11 Å². The third-order valence-corrected chi connectivity index (χ3v) is 8.69. The number of hydrogen-bond acceptors (Lipinski definition) is 3. The molecule has 0 radical (unpaired) electrons. The molecule has 0 amide bonds. The molecule has 30 heavy (non-hydrogen) atoms. The molecule has 5 atom stereocenters. The smallest absolute Gasteiger partial charge is 0.118 e. The van der Waals surface area contributed by atoms with Gasteiger partial charge < -0.3 is 15.2 Å². The van der Waals surface area contributed by atoms with E-state index in [2.05, 4.69) is 54.7 Å². The summed E-state index contributed by atoms with van der Waals surface area (Å²) in [6.07, 6.45) is 7.79. The molecule has 0 heterocycles. The van der Waals surface area contributed by atoms with Crippen molar-refractivity contribution in [1.82, 2.24) is 5.32 Å². The first-order valence-electron chi connectivity index (χ1n) is 11.7. The average Bonchev–Trinajstić information content (AvgIpc) is 3.13. The first kappa shape index (κ1) is 20.1. The summed E-state index contributed by atoms with van der Waals surface area (Å²) in [5, 5.41) is 13.4. The summed E-state index contributed by atoms with van der Waals surface area (Å²) in [6, 6.07) is 15.8. The number of nitrogens with one attached hydrogen (secondary N) is 1. The summed E-state index contributed by atoms with van der Waals surface area (Å²) in [6.45, 7) is 3.67. The molecule has 3 heteroatoms. The number of methoxy groups -OCH3 is 1. The van der Waals surface area contributed by atoms with E-state index in [1.165, 1.54) is 49.7 Å². The van der Waals surface area contributed by atoms with Gasteiger partial charge in [0.2, 0.25) is 0 Å². The Morgan fingerprint density at radius 2 is 1.83 bits per heavy atom. The van der Waals surface area contributed by atoms with Crippen molar-refractivity contribution < 1.29 is 9.84 Å². The lowest BCUT2D eigenvalue weighted by atomic mass is 9.55. The molecule has 2 fully saturated rings. The number of rotatable bonds is 5. The van der Waals surface area contributed by atoms with Crippen LogP contribution in [0.25, 0.3) is 0 Å². The fraction of sp³-hybridized carbons (Fsp3) is 0.556. The second kappa shape index (κ2) is 8.01. The average molecular weight is 406 g/mol. The maximum atomic E-state index is 9.50. The highest BCUT2D eigenvalue weighted by Crippen LogP contribution is 2.60. The minimum atomic E-state index is 0.156. The molecule has 0 spiro atoms. The SMILES string of the molecule is COc1ccc(CN[C@@H]2CCC3C4CCc5cc(CO)ccc5C4CC[C@@]32C)cc1. The summed E-state index contributed by atoms with van der Waals surface area (Å²) in [5.41, 5.74) is 5.90. The van der Waals surface area contributed by atoms with E-state index in [4.69, 9.17) is 4.74 Å². The predicted octanol–water partition coefficient (Wildman–Crippen LogP) is 5.20. The van der Waals surface area contributed by atoms with Gasteiger partial charge in [0.05, 0.1) is 13.7 Å². The van der Waals surface area contributed by atoms with E-state index in [9.17, 15) is 5.11 Å². The summed E-state index contributed by atoms with van der Waals surface area (Å²) < 4.78 is 5.29. The Morgan fingerprint density at radius 3 is 2.60 bits per heavy atom. The van der Waals surface area contributed by atoms with Crippen LogP contribution in [0.2, 0.25) is 0 Å². The highest BCUT2D eigenvalue weighted by molar-refractivity contribution is 5.38. The van der Waals surface area contributed by atoms with Gasteiger partial charge in [0.1, 0.15) is 5.75 Å². The van der Waals surface area contributed by atoms with Gasteiger partial charge in [-0.3, -0.25) is 0 Å². The van der Waals surface area contributed by atoms with Gasteiger partial charge in [-0.15, -0.1) is 0 Å². The Kier molecular flexibility index (Phi) is 5.37. The van der Waals surface area contributed by atoms with Crippen molar-refractivity contribution in [3.05, 3.63) is 64.7 Å². The van der Waals surface area contributed by atoms with Crippen LogP contribution >= 0.6 is 0 Å². The summed E-state index contributed by atoms with van der Waals surface area (Å²) in [5.74, 6) is 3.30. The van der Waals surface area contributed by atoms with Crippen LogP contribution in [-0.2, 0) is 19.6 Å². The molecule has 5 rings (SSSR count). The number of fused-ring (bicyclic) bond motifs is 5. The molecule has 0 saturated heterocycles. The summed E-state index contributed by atoms with van der Waals surface area (Å²) in [7, 11) is 1.72. The first-order chi connectivity index (χ1) is 14.6. The Labute approximate surface area is 180 Å². The van der Waals surface area contributed by atoms with Crippen molar-refractivity contribution in [2.45, 2.75) is 70.6 Å². The van der Waals surface area contributed by atoms with E-state index in [1.807, 2.05) is 0 Å². The summed E-state index contributed by atoms with van der Waals surface area (Å²) in [4.78, 5) is 0. The standard InChI is InChI=1S/C27H35NO2/c1-27-14-13-23-22-9-5-19(17-29)15-20(22)6-10-24(23)25(27)11-12-26(27)28-16-18-3-7-21(30-2)8-4-18/h3-5,7-9,15,23-26,28-29H,6,10-14,16-17H2,1-2H3/t23?,24?,25?,26-,27+/m1/s1. The van der Waals surface area contributed by atoms with Crippen LogP contribution in [0.3, 0.4) is 0 Å². The van der Waals surface area contributed by atoms with E-state index in [-0.39, 0.29) is 6.61 Å². The largest absolute Gasteiger partial charge is 0.497 e. The van der Waals surface area contributed by atoms with Crippen LogP contribution in [0.1, 0.15) is 67.2 Å². The van der Waals surface area contributed by atoms with Crippen LogP contribution in [0.15, 0.2) is 42.5 Å². The number of aryl methyl sites for hydroxylation is 1. The molecule has 2 N–H and O–H groups in total. The molecule has 0 aliphatic heterocycles. The van der Waals surface area contributed by atoms with Crippen molar-refractivity contribution in [1.29, 1.82) is 0 Å². The molecule has 0 bridgehead atoms. The van der Waals surface area contributed by atoms with Gasteiger partial charge in [-0.1, -0.05) is 37.3 Å². The molecule has 160 valence electrons. The minimum Gasteiger partial charge on any atom is -0.497 e. The van der Waals surface area contributed by atoms with Gasteiger partial charge in [0.15, 0.2) is 0 Å². The van der Waals surface area contributed by atoms with Crippen LogP contribution in [0.5, 0.6) is 5.75 Å². The fourth-order valence-corrected chi connectivity index (χ4v) is 7.05. The molecule has 2 aromatic rings. The predicted molar refractivity (Wildman–Crippen MR) is 121 cm³/mol. The lowest BCUT2D eigenvalue weighted by Gasteiger charge is -2.51. The van der Waals surface area contributed by atoms with Crippen molar-refractivity contribution in [3.8, 4) is 5.75 Å². The van der Waals surface area contributed by atoms with Gasteiger partial charge in [-0.25, -0.2) is 0 Å². The molecule has 3 aliphatic rings. The lowest BCUT2D eigenvalue weighted by molar-refractivity contribution is 0.0408. The normalized spacial score (nSPS) is 32.2. The molecule has 0 aromatic heterocycles. The van der Waals surface area contributed by atoms with Crippen molar-refractivity contribution >= 4 is 0 Å². The highest BCUT2D eigenvalue weighted by atomic mass is 16.5. The van der Waals surface area contributed by atoms with Crippen molar-refractivity contribution in [3.63, 3.8) is 0 Å². The quantitative estimate of drug-likeness (QED) is 0.718. The number of ether oxygens (including phenoxy) is 1. The van der Waals surface area contributed by atoms with Gasteiger partial charge in [-0.05, 0) is 96.1 Å². The number of aliphatic hydroxyl groups is 1. The zero-order valence-corrected chi connectivity index (χ0v) is 18.4. The van der Waals surface area contributed by atoms with E-state index in [0.717, 1.165) is 35.6 Å². The molecule has 3 nitrogen and oxygen atoms in total. The van der Waals surface area contributed by atoms with Crippen LogP contribution < -0.4 is 10.1 Å². The Balaban J connectivity index is 1.30. The minimum absolute atomic E-state index is 0.156. The Bertz CT molecular complexity index is 892. The number of benzene rings is 2. The molecule has 3 unspecified atom stereocenters. The maximum absolute atomic E-state index is 9.50. The Morgan fingerprint density at radius 1 is 1.03 bits per heavy atom. The zero-order valence-electron chi connectivity index (χ0n) is 18.4. The van der Waals surface area contributed by atoms with E-state index in [1.54, 1.807) is 12.7 Å². The number of aliphatic hydroxyl groups excluding tert-OH is 1. The highest BCUT2D eigenvalue weighted by Gasteiger charge is 2.54. The Hall–Kier alpha value is -1.84. The fourth-order valence-electron chi connectivity index (χ4n) is 7.05. The lowest BCUT2D eigenvalue weighted by Crippen LogP contribution is -2.48. The molecule has 2 aromatic carbocycles. The van der Waals surface area contributed by atoms with Gasteiger partial charge in [0.25, 0.3) is 0 Å². The van der Waals surface area contributed by atoms with Crippen molar-refractivity contribution in [2.24, 2.45) is 17.3 Å². The number of hydrogen-bond donors (Lipinski definition) is 2. The molecule has 2 saturated carbocycles. The van der Waals surface area contributed by atoms with Gasteiger partial charge in [-0.2, -0.15) is 0 Å². The molecular weight excluding hydrogens is 370 g/mol. The van der Waals surface area contributed by atoms with E-state index >= 15 is 0 Å². The second-order valence-corrected chi connectivity index (χ2v) is 10.0. The van der Waals surface area contributed by atoms with E-state index < -0.39 is 0 Å². The molecular formula is C27H35NO2. The first-order valence-corrected chi connectivity index (χ1v) is 11.7. The monoisotopic (exact) mass is 405 g/mol. The van der Waals surface area contributed by atoms with Gasteiger partial charge >= 0.3 is 0 Å². The van der Waals surface area contributed by atoms with E-state index in [0.29, 0.717) is 11.5 Å². The summed E-state index contributed by atoms with van der Waals surface area (Å²) >= 11 is 0. The van der Waals surface area contributed by atoms with Crippen LogP contribution in [0.4, 0.5) is 0 Å². The third kappa shape index (κ3) is 3.36. The van der Waals surface area contributed by atoms with Crippen LogP contribution in [-0.4, -0.2) is 18.3 Å². The topological polar surface area (TPSA) is 41.5 Å². The van der Waals surface area contributed by atoms with Gasteiger partial charge in [0, 0.05) is 12.6 Å².